The van der Waals surface area contributed by atoms with Gasteiger partial charge < -0.3 is 30.4 Å². The van der Waals surface area contributed by atoms with Crippen LogP contribution >= 0.6 is 0 Å². The fraction of sp³-hybridized carbons (Fsp3) is 0.429. The van der Waals surface area contributed by atoms with Crippen LogP contribution in [0.1, 0.15) is 10.4 Å². The predicted molar refractivity (Wildman–Crippen MR) is 156 cm³/mol. The van der Waals surface area contributed by atoms with Crippen LogP contribution in [0.4, 0.5) is 22.0 Å². The molecular formula is C28H35FN10O3. The van der Waals surface area contributed by atoms with Crippen molar-refractivity contribution in [3.63, 3.8) is 0 Å². The van der Waals surface area contributed by atoms with Crippen LogP contribution < -0.4 is 21.3 Å². The molecule has 222 valence electrons. The molecule has 0 aliphatic carbocycles. The van der Waals surface area contributed by atoms with Crippen LogP contribution in [0.3, 0.4) is 0 Å². The van der Waals surface area contributed by atoms with Gasteiger partial charge in [0, 0.05) is 64.0 Å². The molecule has 14 heteroatoms. The van der Waals surface area contributed by atoms with Gasteiger partial charge >= 0.3 is 0 Å². The molecule has 0 unspecified atom stereocenters. The number of aromatic nitrogens is 4. The van der Waals surface area contributed by atoms with Gasteiger partial charge in [-0.25, -0.2) is 4.39 Å². The number of carbonyl (C=O) groups is 1. The molecule has 2 aliphatic heterocycles. The maximum atomic E-state index is 15.0. The number of hydrogen-bond acceptors (Lipinski definition) is 11. The average molecular weight is 579 g/mol. The lowest BCUT2D eigenvalue weighted by atomic mass is 10.1. The fourth-order valence-electron chi connectivity index (χ4n) is 5.08. The Morgan fingerprint density at radius 3 is 2.69 bits per heavy atom. The number of nitrogens with one attached hydrogen (secondary N) is 2. The minimum Gasteiger partial charge on any atom is -0.463 e. The van der Waals surface area contributed by atoms with Crippen LogP contribution in [0, 0.1) is 5.82 Å². The lowest BCUT2D eigenvalue weighted by molar-refractivity contribution is -0.0552. The average Bonchev–Trinajstić information content (AvgIpc) is 3.63. The van der Waals surface area contributed by atoms with Crippen molar-refractivity contribution < 1.29 is 18.3 Å². The zero-order chi connectivity index (χ0) is 29.1. The molecule has 42 heavy (non-hydrogen) atoms. The van der Waals surface area contributed by atoms with Crippen molar-refractivity contribution in [1.82, 2.24) is 34.7 Å². The monoisotopic (exact) mass is 578 g/mol. The summed E-state index contributed by atoms with van der Waals surface area (Å²) in [6.07, 6.45) is 1.59. The Balaban J connectivity index is 0.955. The van der Waals surface area contributed by atoms with Gasteiger partial charge in [-0.3, -0.25) is 14.6 Å². The van der Waals surface area contributed by atoms with Crippen LogP contribution in [0.5, 0.6) is 0 Å². The van der Waals surface area contributed by atoms with Crippen LogP contribution in [0.15, 0.2) is 47.1 Å². The van der Waals surface area contributed by atoms with E-state index in [4.69, 9.17) is 14.9 Å². The zero-order valence-corrected chi connectivity index (χ0v) is 23.5. The number of halogens is 1. The van der Waals surface area contributed by atoms with Gasteiger partial charge in [-0.2, -0.15) is 19.6 Å². The number of benzene rings is 1. The maximum absolute atomic E-state index is 15.0. The number of rotatable bonds is 11. The first-order valence-electron chi connectivity index (χ1n) is 14.1. The summed E-state index contributed by atoms with van der Waals surface area (Å²) in [4.78, 5) is 27.8. The van der Waals surface area contributed by atoms with Crippen LogP contribution in [0.25, 0.3) is 17.1 Å². The van der Waals surface area contributed by atoms with E-state index in [1.807, 2.05) is 18.0 Å². The van der Waals surface area contributed by atoms with Gasteiger partial charge in [0.1, 0.15) is 11.5 Å². The molecule has 4 N–H and O–H groups in total. The van der Waals surface area contributed by atoms with Gasteiger partial charge in [-0.15, -0.1) is 0 Å². The Morgan fingerprint density at radius 2 is 1.98 bits per heavy atom. The molecule has 2 fully saturated rings. The van der Waals surface area contributed by atoms with Gasteiger partial charge in [0.2, 0.25) is 11.9 Å². The normalized spacial score (nSPS) is 16.2. The van der Waals surface area contributed by atoms with Crippen molar-refractivity contribution >= 4 is 29.1 Å². The summed E-state index contributed by atoms with van der Waals surface area (Å²) in [5.74, 6) is 0.625. The van der Waals surface area contributed by atoms with Crippen LogP contribution in [-0.2, 0) is 4.74 Å². The smallest absolute Gasteiger partial charge is 0.251 e. The molecule has 1 aromatic carbocycles. The number of hydrogen-bond donors (Lipinski definition) is 3. The van der Waals surface area contributed by atoms with E-state index in [9.17, 15) is 4.79 Å². The third-order valence-electron chi connectivity index (χ3n) is 7.75. The molecule has 5 heterocycles. The third kappa shape index (κ3) is 6.15. The van der Waals surface area contributed by atoms with E-state index < -0.39 is 0 Å². The number of ether oxygens (including phenoxy) is 1. The first kappa shape index (κ1) is 27.9. The topological polar surface area (TPSA) is 142 Å². The van der Waals surface area contributed by atoms with E-state index >= 15 is 4.39 Å². The largest absolute Gasteiger partial charge is 0.463 e. The minimum atomic E-state index is -0.387. The van der Waals surface area contributed by atoms with Crippen molar-refractivity contribution in [1.29, 1.82) is 0 Å². The second kappa shape index (κ2) is 12.3. The van der Waals surface area contributed by atoms with E-state index in [1.165, 1.54) is 10.6 Å². The molecule has 4 aromatic rings. The van der Waals surface area contributed by atoms with E-state index in [2.05, 4.69) is 35.5 Å². The van der Waals surface area contributed by atoms with Crippen LogP contribution in [0.2, 0.25) is 0 Å². The first-order valence-corrected chi connectivity index (χ1v) is 14.1. The summed E-state index contributed by atoms with van der Waals surface area (Å²) in [6, 6.07) is 10.5. The molecule has 3 aromatic heterocycles. The summed E-state index contributed by atoms with van der Waals surface area (Å²) in [5, 5.41) is 10.5. The highest BCUT2D eigenvalue weighted by molar-refractivity contribution is 5.94. The molecule has 6 rings (SSSR count). The molecule has 0 spiro atoms. The van der Waals surface area contributed by atoms with Gasteiger partial charge in [0.15, 0.2) is 11.4 Å². The molecular weight excluding hydrogens is 543 g/mol. The molecule has 13 nitrogen and oxygen atoms in total. The summed E-state index contributed by atoms with van der Waals surface area (Å²) < 4.78 is 27.1. The fourth-order valence-corrected chi connectivity index (χ4v) is 5.08. The molecule has 0 bridgehead atoms. The summed E-state index contributed by atoms with van der Waals surface area (Å²) in [6.45, 7) is 6.98. The van der Waals surface area contributed by atoms with E-state index in [-0.39, 0.29) is 17.7 Å². The minimum absolute atomic E-state index is 0.228. The third-order valence-corrected chi connectivity index (χ3v) is 7.75. The Hall–Kier alpha value is -4.27. The quantitative estimate of drug-likeness (QED) is 0.238. The second-order valence-electron chi connectivity index (χ2n) is 10.5. The number of carbonyl (C=O) groups excluding carboxylic acids is 1. The number of amides is 1. The van der Waals surface area contributed by atoms with Crippen molar-refractivity contribution in [2.75, 3.05) is 88.6 Å². The summed E-state index contributed by atoms with van der Waals surface area (Å²) in [5.41, 5.74) is 8.14. The molecule has 2 saturated heterocycles. The lowest BCUT2D eigenvalue weighted by Gasteiger charge is -2.36. The highest BCUT2D eigenvalue weighted by atomic mass is 19.1. The van der Waals surface area contributed by atoms with E-state index in [0.717, 1.165) is 32.8 Å². The number of fused-ring (bicyclic) bond motifs is 1. The highest BCUT2D eigenvalue weighted by Crippen LogP contribution is 2.23. The standard InChI is InChI=1S/C28H35FN10O3/c1-36(20-17-41-18-20)8-6-31-26(40)19-4-5-23(21(29)15-19)38-12-10-37(11-13-38)9-7-32-28-33-25-16-22(24-3-2-14-42-24)35-39(25)27(30)34-28/h2-5,14-16,20H,6-13,17-18H2,1H3,(H,31,40)(H3,30,32,33,34). The zero-order valence-electron chi connectivity index (χ0n) is 23.5. The first-order chi connectivity index (χ1) is 20.4. The highest BCUT2D eigenvalue weighted by Gasteiger charge is 2.23. The molecule has 0 atom stereocenters. The van der Waals surface area contributed by atoms with E-state index in [1.54, 1.807) is 30.5 Å². The summed E-state index contributed by atoms with van der Waals surface area (Å²) in [7, 11) is 2.01. The Morgan fingerprint density at radius 1 is 1.14 bits per heavy atom. The Bertz CT molecular complexity index is 1520. The van der Waals surface area contributed by atoms with Gasteiger partial charge in [-0.1, -0.05) is 0 Å². The second-order valence-corrected chi connectivity index (χ2v) is 10.5. The molecule has 0 saturated carbocycles. The SMILES string of the molecule is CN(CCNC(=O)c1ccc(N2CCN(CCNc3nc(N)n4nc(-c5ccco5)cc4n3)CC2)c(F)c1)C1COC1. The maximum Gasteiger partial charge on any atom is 0.251 e. The van der Waals surface area contributed by atoms with Crippen molar-refractivity contribution in [2.24, 2.45) is 0 Å². The van der Waals surface area contributed by atoms with Crippen LogP contribution in [-0.4, -0.2) is 114 Å². The number of nitrogens with zero attached hydrogens (tertiary/aromatic N) is 7. The van der Waals surface area contributed by atoms with Crippen molar-refractivity contribution in [3.8, 4) is 11.5 Å². The van der Waals surface area contributed by atoms with Crippen molar-refractivity contribution in [3.05, 3.63) is 54.0 Å². The number of piperazine rings is 1. The lowest BCUT2D eigenvalue weighted by Crippen LogP contribution is -2.49. The number of anilines is 3. The summed E-state index contributed by atoms with van der Waals surface area (Å²) >= 11 is 0. The molecule has 1 amide bonds. The molecule has 2 aliphatic rings. The Labute approximate surface area is 242 Å². The van der Waals surface area contributed by atoms with E-state index in [0.29, 0.717) is 73.1 Å². The van der Waals surface area contributed by atoms with Crippen molar-refractivity contribution in [2.45, 2.75) is 6.04 Å². The number of nitrogens with two attached hydrogens (primary N) is 1. The molecule has 0 radical (unpaired) electrons. The Kier molecular flexibility index (Phi) is 8.17. The van der Waals surface area contributed by atoms with Gasteiger partial charge in [0.25, 0.3) is 5.91 Å². The van der Waals surface area contributed by atoms with Gasteiger partial charge in [-0.05, 0) is 37.4 Å². The number of nitrogen functional groups attached to an aromatic ring is 1. The number of furan rings is 1. The number of likely N-dealkylation sites (N-methyl/N-ethyl adjacent to an activating group) is 1. The van der Waals surface area contributed by atoms with Gasteiger partial charge in [0.05, 0.1) is 31.2 Å². The predicted octanol–water partition coefficient (Wildman–Crippen LogP) is 1.40.